The van der Waals surface area contributed by atoms with Gasteiger partial charge in [-0.1, -0.05) is 0 Å². The molecule has 1 aliphatic heterocycles. The average molecular weight is 164 g/mol. The van der Waals surface area contributed by atoms with E-state index in [9.17, 15) is 0 Å². The molecule has 2 aliphatic carbocycles. The smallest absolute Gasteiger partial charge is 0.172 e. The normalized spacial score (nSPS) is 30.8. The topological polar surface area (TPSA) is 49.1 Å². The van der Waals surface area contributed by atoms with Crippen LogP contribution in [0.15, 0.2) is 15.3 Å². The second-order valence-electron chi connectivity index (χ2n) is 4.04. The SMILES string of the molecule is C1CC1N=NC1=NNC2(CC2)C1. The van der Waals surface area contributed by atoms with Crippen molar-refractivity contribution in [2.24, 2.45) is 15.3 Å². The Morgan fingerprint density at radius 2 is 2.25 bits per heavy atom. The van der Waals surface area contributed by atoms with E-state index in [2.05, 4.69) is 20.8 Å². The minimum absolute atomic E-state index is 0.317. The molecule has 12 heavy (non-hydrogen) atoms. The quantitative estimate of drug-likeness (QED) is 0.586. The molecule has 1 heterocycles. The molecule has 3 aliphatic rings. The summed E-state index contributed by atoms with van der Waals surface area (Å²) >= 11 is 0. The number of hydrazone groups is 1. The van der Waals surface area contributed by atoms with E-state index in [1.807, 2.05) is 0 Å². The molecule has 1 N–H and O–H groups in total. The summed E-state index contributed by atoms with van der Waals surface area (Å²) in [6, 6.07) is 0.517. The molecule has 64 valence electrons. The first-order chi connectivity index (χ1) is 5.86. The average Bonchev–Trinajstić information content (AvgIpc) is 2.91. The van der Waals surface area contributed by atoms with Crippen molar-refractivity contribution < 1.29 is 0 Å². The highest BCUT2D eigenvalue weighted by molar-refractivity contribution is 5.85. The summed E-state index contributed by atoms with van der Waals surface area (Å²) < 4.78 is 0. The number of amidine groups is 1. The molecule has 0 amide bonds. The van der Waals surface area contributed by atoms with Gasteiger partial charge in [0, 0.05) is 6.42 Å². The van der Waals surface area contributed by atoms with Gasteiger partial charge in [0.15, 0.2) is 5.84 Å². The molecule has 0 atom stereocenters. The Balaban J connectivity index is 1.62. The van der Waals surface area contributed by atoms with Crippen LogP contribution in [0.2, 0.25) is 0 Å². The third-order valence-electron chi connectivity index (χ3n) is 2.66. The lowest BCUT2D eigenvalue weighted by Gasteiger charge is -2.00. The van der Waals surface area contributed by atoms with Crippen LogP contribution >= 0.6 is 0 Å². The Morgan fingerprint density at radius 3 is 2.83 bits per heavy atom. The minimum atomic E-state index is 0.317. The predicted molar refractivity (Wildman–Crippen MR) is 45.0 cm³/mol. The summed E-state index contributed by atoms with van der Waals surface area (Å²) in [5.41, 5.74) is 3.45. The van der Waals surface area contributed by atoms with Crippen LogP contribution in [-0.2, 0) is 0 Å². The van der Waals surface area contributed by atoms with E-state index in [0.29, 0.717) is 11.6 Å². The number of hydrogen-bond donors (Lipinski definition) is 1. The maximum atomic E-state index is 4.17. The van der Waals surface area contributed by atoms with Gasteiger partial charge in [-0.3, -0.25) is 0 Å². The molecule has 4 nitrogen and oxygen atoms in total. The number of azo groups is 1. The fourth-order valence-corrected chi connectivity index (χ4v) is 1.40. The first-order valence-electron chi connectivity index (χ1n) is 4.61. The van der Waals surface area contributed by atoms with Crippen LogP contribution in [-0.4, -0.2) is 17.4 Å². The van der Waals surface area contributed by atoms with Crippen molar-refractivity contribution >= 4 is 5.84 Å². The van der Waals surface area contributed by atoms with E-state index in [-0.39, 0.29) is 0 Å². The highest BCUT2D eigenvalue weighted by Gasteiger charge is 2.47. The summed E-state index contributed by atoms with van der Waals surface area (Å²) in [5.74, 6) is 0.902. The third-order valence-corrected chi connectivity index (χ3v) is 2.66. The van der Waals surface area contributed by atoms with Gasteiger partial charge in [-0.2, -0.15) is 10.2 Å². The van der Waals surface area contributed by atoms with Crippen LogP contribution in [0.4, 0.5) is 0 Å². The zero-order valence-corrected chi connectivity index (χ0v) is 6.95. The van der Waals surface area contributed by atoms with Crippen molar-refractivity contribution in [1.29, 1.82) is 0 Å². The van der Waals surface area contributed by atoms with Crippen LogP contribution in [0.25, 0.3) is 0 Å². The molecule has 0 saturated heterocycles. The molecular formula is C8H12N4. The van der Waals surface area contributed by atoms with Crippen molar-refractivity contribution in [3.8, 4) is 0 Å². The standard InChI is InChI=1S/C8H12N4/c1-2-6(1)9-10-7-5-8(3-4-8)12-11-7/h6,12H,1-5H2. The van der Waals surface area contributed by atoms with Gasteiger partial charge in [0.1, 0.15) is 0 Å². The van der Waals surface area contributed by atoms with E-state index >= 15 is 0 Å². The third kappa shape index (κ3) is 1.11. The maximum Gasteiger partial charge on any atom is 0.172 e. The number of nitrogens with one attached hydrogen (secondary N) is 1. The molecule has 0 bridgehead atoms. The van der Waals surface area contributed by atoms with E-state index in [0.717, 1.165) is 12.3 Å². The fraction of sp³-hybridized carbons (Fsp3) is 0.875. The number of rotatable bonds is 1. The first kappa shape index (κ1) is 6.57. The molecule has 2 fully saturated rings. The van der Waals surface area contributed by atoms with Gasteiger partial charge in [0.2, 0.25) is 0 Å². The number of hydrogen-bond acceptors (Lipinski definition) is 4. The van der Waals surface area contributed by atoms with Gasteiger partial charge in [-0.25, -0.2) is 0 Å². The second kappa shape index (κ2) is 2.06. The lowest BCUT2D eigenvalue weighted by Crippen LogP contribution is -2.20. The van der Waals surface area contributed by atoms with E-state index in [4.69, 9.17) is 0 Å². The van der Waals surface area contributed by atoms with Crippen molar-refractivity contribution in [3.05, 3.63) is 0 Å². The van der Waals surface area contributed by atoms with Gasteiger partial charge in [0.25, 0.3) is 0 Å². The molecule has 0 unspecified atom stereocenters. The Morgan fingerprint density at radius 1 is 1.42 bits per heavy atom. The maximum absolute atomic E-state index is 4.17. The van der Waals surface area contributed by atoms with Gasteiger partial charge in [0.05, 0.1) is 11.6 Å². The fourth-order valence-electron chi connectivity index (χ4n) is 1.40. The Labute approximate surface area is 71.1 Å². The molecule has 1 spiro atoms. The molecule has 3 rings (SSSR count). The van der Waals surface area contributed by atoms with Crippen LogP contribution in [0.1, 0.15) is 32.1 Å². The number of nitrogens with zero attached hydrogens (tertiary/aromatic N) is 3. The van der Waals surface area contributed by atoms with E-state index < -0.39 is 0 Å². The largest absolute Gasteiger partial charge is 0.302 e. The highest BCUT2D eigenvalue weighted by Crippen LogP contribution is 2.41. The van der Waals surface area contributed by atoms with Crippen LogP contribution in [0.5, 0.6) is 0 Å². The van der Waals surface area contributed by atoms with Crippen molar-refractivity contribution in [2.75, 3.05) is 0 Å². The highest BCUT2D eigenvalue weighted by atomic mass is 15.4. The lowest BCUT2D eigenvalue weighted by atomic mass is 10.2. The molecule has 2 saturated carbocycles. The Hall–Kier alpha value is -0.930. The van der Waals surface area contributed by atoms with Gasteiger partial charge < -0.3 is 5.43 Å². The predicted octanol–water partition coefficient (Wildman–Crippen LogP) is 1.44. The lowest BCUT2D eigenvalue weighted by molar-refractivity contribution is 0.576. The molecule has 4 heteroatoms. The summed E-state index contributed by atoms with van der Waals surface area (Å²) in [7, 11) is 0. The molecule has 0 aromatic rings. The molecular weight excluding hydrogens is 152 g/mol. The monoisotopic (exact) mass is 164 g/mol. The summed E-state index contributed by atoms with van der Waals surface area (Å²) in [6.45, 7) is 0. The van der Waals surface area contributed by atoms with Gasteiger partial charge in [-0.15, -0.1) is 5.11 Å². The minimum Gasteiger partial charge on any atom is -0.302 e. The van der Waals surface area contributed by atoms with Crippen LogP contribution < -0.4 is 5.43 Å². The molecule has 0 aromatic heterocycles. The Kier molecular flexibility index (Phi) is 1.13. The van der Waals surface area contributed by atoms with E-state index in [1.54, 1.807) is 0 Å². The molecule has 0 radical (unpaired) electrons. The first-order valence-corrected chi connectivity index (χ1v) is 4.61. The van der Waals surface area contributed by atoms with Crippen LogP contribution in [0, 0.1) is 0 Å². The summed E-state index contributed by atoms with van der Waals surface area (Å²) in [6.07, 6.45) is 5.92. The zero-order chi connectivity index (χ0) is 8.02. The molecule has 0 aromatic carbocycles. The van der Waals surface area contributed by atoms with Gasteiger partial charge >= 0.3 is 0 Å². The second-order valence-corrected chi connectivity index (χ2v) is 4.04. The Bertz CT molecular complexity index is 260. The summed E-state index contributed by atoms with van der Waals surface area (Å²) in [4.78, 5) is 0. The van der Waals surface area contributed by atoms with E-state index in [1.165, 1.54) is 25.7 Å². The summed E-state index contributed by atoms with van der Waals surface area (Å²) in [5, 5.41) is 12.5. The zero-order valence-electron chi connectivity index (χ0n) is 6.95. The van der Waals surface area contributed by atoms with Crippen LogP contribution in [0.3, 0.4) is 0 Å². The van der Waals surface area contributed by atoms with Crippen molar-refractivity contribution in [2.45, 2.75) is 43.7 Å². The van der Waals surface area contributed by atoms with Crippen molar-refractivity contribution in [3.63, 3.8) is 0 Å². The van der Waals surface area contributed by atoms with Crippen molar-refractivity contribution in [1.82, 2.24) is 5.43 Å². The van der Waals surface area contributed by atoms with Gasteiger partial charge in [-0.05, 0) is 25.7 Å².